The van der Waals surface area contributed by atoms with Crippen LogP contribution >= 0.6 is 34.5 Å². The molecular formula is C20H18Cl2N2O2S. The van der Waals surface area contributed by atoms with Gasteiger partial charge < -0.3 is 10.1 Å². The minimum atomic E-state index is -0.0777. The van der Waals surface area contributed by atoms with Gasteiger partial charge in [-0.2, -0.15) is 0 Å². The molecule has 0 atom stereocenters. The quantitative estimate of drug-likeness (QED) is 0.461. The highest BCUT2D eigenvalue weighted by Gasteiger charge is 2.12. The Kier molecular flexibility index (Phi) is 6.72. The molecule has 0 aliphatic heterocycles. The van der Waals surface area contributed by atoms with Gasteiger partial charge in [0.25, 0.3) is 0 Å². The van der Waals surface area contributed by atoms with Crippen molar-refractivity contribution in [1.82, 2.24) is 4.98 Å². The van der Waals surface area contributed by atoms with Gasteiger partial charge in [-0.15, -0.1) is 11.3 Å². The van der Waals surface area contributed by atoms with Crippen LogP contribution in [-0.4, -0.2) is 17.5 Å². The number of amides is 1. The summed E-state index contributed by atoms with van der Waals surface area (Å²) in [6.07, 6.45) is 0.978. The molecule has 0 bridgehead atoms. The molecule has 1 amide bonds. The highest BCUT2D eigenvalue weighted by Crippen LogP contribution is 2.31. The number of nitrogens with one attached hydrogen (secondary N) is 1. The molecule has 2 aromatic carbocycles. The van der Waals surface area contributed by atoms with Crippen molar-refractivity contribution in [3.8, 4) is 17.0 Å². The van der Waals surface area contributed by atoms with Gasteiger partial charge in [0.15, 0.2) is 5.13 Å². The summed E-state index contributed by atoms with van der Waals surface area (Å²) in [5.41, 5.74) is 1.84. The van der Waals surface area contributed by atoms with Gasteiger partial charge in [0.1, 0.15) is 5.75 Å². The number of anilines is 1. The molecule has 0 radical (unpaired) electrons. The number of hydrogen-bond donors (Lipinski definition) is 1. The Hall–Kier alpha value is -2.08. The van der Waals surface area contributed by atoms with Crippen LogP contribution in [0.1, 0.15) is 17.7 Å². The molecule has 3 rings (SSSR count). The van der Waals surface area contributed by atoms with E-state index >= 15 is 0 Å². The highest BCUT2D eigenvalue weighted by molar-refractivity contribution is 7.16. The zero-order chi connectivity index (χ0) is 19.2. The normalized spacial score (nSPS) is 10.6. The van der Waals surface area contributed by atoms with E-state index in [1.54, 1.807) is 24.3 Å². The third-order valence-electron chi connectivity index (χ3n) is 3.79. The van der Waals surface area contributed by atoms with Crippen molar-refractivity contribution in [2.75, 3.05) is 11.9 Å². The number of rotatable bonds is 7. The molecule has 0 spiro atoms. The van der Waals surface area contributed by atoms with E-state index in [2.05, 4.69) is 10.3 Å². The first-order valence-electron chi connectivity index (χ1n) is 8.43. The monoisotopic (exact) mass is 420 g/mol. The number of benzene rings is 2. The van der Waals surface area contributed by atoms with Crippen molar-refractivity contribution in [1.29, 1.82) is 0 Å². The van der Waals surface area contributed by atoms with Gasteiger partial charge in [0.2, 0.25) is 5.91 Å². The maximum atomic E-state index is 12.1. The van der Waals surface area contributed by atoms with Crippen molar-refractivity contribution < 1.29 is 9.53 Å². The Balaban J connectivity index is 1.48. The first-order valence-corrected chi connectivity index (χ1v) is 10.00. The average Bonchev–Trinajstić information content (AvgIpc) is 3.01. The summed E-state index contributed by atoms with van der Waals surface area (Å²) >= 11 is 13.2. The molecule has 0 unspecified atom stereocenters. The molecule has 7 heteroatoms. The van der Waals surface area contributed by atoms with E-state index in [1.165, 1.54) is 11.3 Å². The van der Waals surface area contributed by atoms with Gasteiger partial charge in [-0.1, -0.05) is 35.3 Å². The number of aromatic nitrogens is 1. The van der Waals surface area contributed by atoms with Gasteiger partial charge in [0.05, 0.1) is 12.3 Å². The van der Waals surface area contributed by atoms with Crippen LogP contribution in [0, 0.1) is 6.92 Å². The summed E-state index contributed by atoms with van der Waals surface area (Å²) in [5.74, 6) is 0.661. The fourth-order valence-electron chi connectivity index (χ4n) is 2.46. The molecule has 0 aliphatic carbocycles. The summed E-state index contributed by atoms with van der Waals surface area (Å²) in [6, 6.07) is 14.6. The first kappa shape index (κ1) is 19.7. The predicted molar refractivity (Wildman–Crippen MR) is 112 cm³/mol. The second-order valence-electron chi connectivity index (χ2n) is 5.88. The molecule has 0 saturated carbocycles. The Morgan fingerprint density at radius 1 is 1.07 bits per heavy atom. The standard InChI is InChI=1S/C20H18Cl2N2O2S/c1-13-19(14-4-6-15(21)7-5-14)24-20(27-13)23-18(25)3-2-12-26-17-10-8-16(22)9-11-17/h4-11H,2-3,12H2,1H3,(H,23,24,25). The van der Waals surface area contributed by atoms with Crippen molar-refractivity contribution in [3.05, 3.63) is 63.5 Å². The average molecular weight is 421 g/mol. The second kappa shape index (κ2) is 9.22. The van der Waals surface area contributed by atoms with E-state index in [-0.39, 0.29) is 5.91 Å². The summed E-state index contributed by atoms with van der Waals surface area (Å²) < 4.78 is 5.59. The smallest absolute Gasteiger partial charge is 0.226 e. The summed E-state index contributed by atoms with van der Waals surface area (Å²) in [7, 11) is 0. The lowest BCUT2D eigenvalue weighted by Crippen LogP contribution is -2.12. The number of hydrogen-bond acceptors (Lipinski definition) is 4. The Morgan fingerprint density at radius 2 is 1.70 bits per heavy atom. The van der Waals surface area contributed by atoms with Crippen molar-refractivity contribution in [2.24, 2.45) is 0 Å². The third kappa shape index (κ3) is 5.70. The van der Waals surface area contributed by atoms with Crippen LogP contribution < -0.4 is 10.1 Å². The predicted octanol–water partition coefficient (Wildman–Crippen LogP) is 6.22. The largest absolute Gasteiger partial charge is 0.494 e. The maximum absolute atomic E-state index is 12.1. The van der Waals surface area contributed by atoms with Crippen LogP contribution in [0.5, 0.6) is 5.75 Å². The van der Waals surface area contributed by atoms with E-state index in [0.717, 1.165) is 21.9 Å². The van der Waals surface area contributed by atoms with Crippen LogP contribution in [0.2, 0.25) is 10.0 Å². The molecule has 1 N–H and O–H groups in total. The Morgan fingerprint density at radius 3 is 2.37 bits per heavy atom. The van der Waals surface area contributed by atoms with Crippen LogP contribution in [0.4, 0.5) is 5.13 Å². The molecule has 0 fully saturated rings. The Bertz CT molecular complexity index is 909. The Labute approximate surface area is 172 Å². The van der Waals surface area contributed by atoms with Crippen LogP contribution in [0.15, 0.2) is 48.5 Å². The van der Waals surface area contributed by atoms with E-state index in [9.17, 15) is 4.79 Å². The SMILES string of the molecule is Cc1sc(NC(=O)CCCOc2ccc(Cl)cc2)nc1-c1ccc(Cl)cc1. The lowest BCUT2D eigenvalue weighted by Gasteiger charge is -2.06. The zero-order valence-electron chi connectivity index (χ0n) is 14.7. The number of nitrogens with zero attached hydrogens (tertiary/aromatic N) is 1. The highest BCUT2D eigenvalue weighted by atomic mass is 35.5. The molecule has 140 valence electrons. The molecule has 4 nitrogen and oxygen atoms in total. The number of carbonyl (C=O) groups is 1. The zero-order valence-corrected chi connectivity index (χ0v) is 17.0. The fourth-order valence-corrected chi connectivity index (χ4v) is 3.56. The minimum Gasteiger partial charge on any atom is -0.494 e. The van der Waals surface area contributed by atoms with E-state index < -0.39 is 0 Å². The summed E-state index contributed by atoms with van der Waals surface area (Å²) in [6.45, 7) is 2.44. The van der Waals surface area contributed by atoms with Crippen molar-refractivity contribution in [2.45, 2.75) is 19.8 Å². The molecular weight excluding hydrogens is 403 g/mol. The molecule has 0 aliphatic rings. The molecule has 1 aromatic heterocycles. The number of thiazole rings is 1. The minimum absolute atomic E-state index is 0.0777. The van der Waals surface area contributed by atoms with Crippen LogP contribution in [0.3, 0.4) is 0 Å². The van der Waals surface area contributed by atoms with E-state index in [1.807, 2.05) is 31.2 Å². The lowest BCUT2D eigenvalue weighted by molar-refractivity contribution is -0.116. The van der Waals surface area contributed by atoms with Crippen molar-refractivity contribution >= 4 is 45.6 Å². The van der Waals surface area contributed by atoms with Crippen molar-refractivity contribution in [3.63, 3.8) is 0 Å². The summed E-state index contributed by atoms with van der Waals surface area (Å²) in [4.78, 5) is 17.7. The molecule has 3 aromatic rings. The number of carbonyl (C=O) groups excluding carboxylic acids is 1. The molecule has 0 saturated heterocycles. The molecule has 27 heavy (non-hydrogen) atoms. The van der Waals surface area contributed by atoms with Gasteiger partial charge >= 0.3 is 0 Å². The van der Waals surface area contributed by atoms with E-state index in [4.69, 9.17) is 27.9 Å². The van der Waals surface area contributed by atoms with Gasteiger partial charge in [-0.05, 0) is 49.7 Å². The van der Waals surface area contributed by atoms with Gasteiger partial charge in [-0.3, -0.25) is 4.79 Å². The van der Waals surface area contributed by atoms with Crippen LogP contribution in [0.25, 0.3) is 11.3 Å². The van der Waals surface area contributed by atoms with Crippen LogP contribution in [-0.2, 0) is 4.79 Å². The third-order valence-corrected chi connectivity index (χ3v) is 5.18. The number of aryl methyl sites for hydroxylation is 1. The number of ether oxygens (including phenoxy) is 1. The van der Waals surface area contributed by atoms with E-state index in [0.29, 0.717) is 34.6 Å². The fraction of sp³-hybridized carbons (Fsp3) is 0.200. The van der Waals surface area contributed by atoms with Gasteiger partial charge in [-0.25, -0.2) is 4.98 Å². The van der Waals surface area contributed by atoms with Gasteiger partial charge in [0, 0.05) is 26.9 Å². The summed E-state index contributed by atoms with van der Waals surface area (Å²) in [5, 5.41) is 4.80. The lowest BCUT2D eigenvalue weighted by atomic mass is 10.1. The second-order valence-corrected chi connectivity index (χ2v) is 7.96. The maximum Gasteiger partial charge on any atom is 0.226 e. The first-order chi connectivity index (χ1) is 13.0. The topological polar surface area (TPSA) is 51.2 Å². The number of halogens is 2. The molecule has 1 heterocycles.